The summed E-state index contributed by atoms with van der Waals surface area (Å²) in [7, 11) is 0. The van der Waals surface area contributed by atoms with Crippen LogP contribution in [0.25, 0.3) is 0 Å². The van der Waals surface area contributed by atoms with E-state index in [0.717, 1.165) is 38.4 Å². The van der Waals surface area contributed by atoms with Gasteiger partial charge in [0.05, 0.1) is 0 Å². The van der Waals surface area contributed by atoms with Gasteiger partial charge in [0, 0.05) is 55.5 Å². The normalized spacial score (nSPS) is 15.2. The van der Waals surface area contributed by atoms with Crippen molar-refractivity contribution in [3.8, 4) is 0 Å². The van der Waals surface area contributed by atoms with Crippen molar-refractivity contribution in [2.45, 2.75) is 13.3 Å². The van der Waals surface area contributed by atoms with Gasteiger partial charge in [0.2, 0.25) is 5.91 Å². The molecular weight excluding hydrogens is 334 g/mol. The molecule has 1 N–H and O–H groups in total. The Morgan fingerprint density at radius 2 is 1.84 bits per heavy atom. The van der Waals surface area contributed by atoms with Gasteiger partial charge in [-0.05, 0) is 42.8 Å². The molecule has 1 heterocycles. The molecule has 0 aliphatic carbocycles. The van der Waals surface area contributed by atoms with Gasteiger partial charge >= 0.3 is 0 Å². The second-order valence-electron chi connectivity index (χ2n) is 6.48. The number of hydrogen-bond acceptors (Lipinski definition) is 3. The fourth-order valence-electron chi connectivity index (χ4n) is 3.10. The van der Waals surface area contributed by atoms with E-state index in [1.807, 2.05) is 12.1 Å². The molecule has 4 nitrogen and oxygen atoms in total. The highest BCUT2D eigenvalue weighted by Gasteiger charge is 2.17. The van der Waals surface area contributed by atoms with Gasteiger partial charge in [-0.1, -0.05) is 29.8 Å². The first kappa shape index (κ1) is 17.8. The van der Waals surface area contributed by atoms with Gasteiger partial charge < -0.3 is 10.2 Å². The zero-order chi connectivity index (χ0) is 17.6. The van der Waals surface area contributed by atoms with Crippen molar-refractivity contribution < 1.29 is 4.79 Å². The molecule has 1 amide bonds. The molecule has 25 heavy (non-hydrogen) atoms. The number of amides is 1. The van der Waals surface area contributed by atoms with E-state index < -0.39 is 0 Å². The van der Waals surface area contributed by atoms with Gasteiger partial charge in [0.1, 0.15) is 0 Å². The Morgan fingerprint density at radius 3 is 2.56 bits per heavy atom. The molecule has 3 rings (SSSR count). The fraction of sp³-hybridized carbons (Fsp3) is 0.350. The van der Waals surface area contributed by atoms with Crippen molar-refractivity contribution in [3.63, 3.8) is 0 Å². The average Bonchev–Trinajstić information content (AvgIpc) is 2.60. The summed E-state index contributed by atoms with van der Waals surface area (Å²) in [5.74, 6) is 0.0309. The van der Waals surface area contributed by atoms with Crippen molar-refractivity contribution >= 4 is 28.9 Å². The lowest BCUT2D eigenvalue weighted by atomic mass is 10.2. The van der Waals surface area contributed by atoms with Crippen LogP contribution in [0.15, 0.2) is 48.5 Å². The summed E-state index contributed by atoms with van der Waals surface area (Å²) in [5, 5.41) is 3.53. The molecular formula is C20H24ClN3O. The van der Waals surface area contributed by atoms with E-state index in [-0.39, 0.29) is 5.91 Å². The monoisotopic (exact) mass is 357 g/mol. The number of carbonyl (C=O) groups is 1. The van der Waals surface area contributed by atoms with E-state index in [2.05, 4.69) is 46.3 Å². The highest BCUT2D eigenvalue weighted by Crippen LogP contribution is 2.18. The van der Waals surface area contributed by atoms with Gasteiger partial charge in [-0.3, -0.25) is 9.69 Å². The third-order valence-corrected chi connectivity index (χ3v) is 4.74. The van der Waals surface area contributed by atoms with Crippen LogP contribution in [0.2, 0.25) is 5.02 Å². The standard InChI is InChI=1S/C20H24ClN3O/c1-16-4-2-7-19(14-16)24-12-10-23(11-13-24)9-8-20(25)22-18-6-3-5-17(21)15-18/h2-7,14-15H,8-13H2,1H3,(H,22,25). The van der Waals surface area contributed by atoms with E-state index in [1.54, 1.807) is 12.1 Å². The van der Waals surface area contributed by atoms with E-state index >= 15 is 0 Å². The average molecular weight is 358 g/mol. The first-order valence-electron chi connectivity index (χ1n) is 8.69. The molecule has 2 aromatic rings. The van der Waals surface area contributed by atoms with E-state index in [9.17, 15) is 4.79 Å². The highest BCUT2D eigenvalue weighted by molar-refractivity contribution is 6.30. The number of piperazine rings is 1. The smallest absolute Gasteiger partial charge is 0.225 e. The summed E-state index contributed by atoms with van der Waals surface area (Å²) in [5.41, 5.74) is 3.33. The van der Waals surface area contributed by atoms with Gasteiger partial charge in [-0.25, -0.2) is 0 Å². The summed E-state index contributed by atoms with van der Waals surface area (Å²) < 4.78 is 0. The number of nitrogens with one attached hydrogen (secondary N) is 1. The van der Waals surface area contributed by atoms with Gasteiger partial charge in [-0.15, -0.1) is 0 Å². The Hall–Kier alpha value is -2.04. The number of nitrogens with zero attached hydrogens (tertiary/aromatic N) is 2. The van der Waals surface area contributed by atoms with Gasteiger partial charge in [0.25, 0.3) is 0 Å². The quantitative estimate of drug-likeness (QED) is 0.884. The van der Waals surface area contributed by atoms with Crippen molar-refractivity contribution in [2.24, 2.45) is 0 Å². The number of benzene rings is 2. The van der Waals surface area contributed by atoms with Crippen LogP contribution in [-0.2, 0) is 4.79 Å². The topological polar surface area (TPSA) is 35.6 Å². The minimum Gasteiger partial charge on any atom is -0.369 e. The van der Waals surface area contributed by atoms with Crippen molar-refractivity contribution in [1.82, 2.24) is 4.90 Å². The maximum absolute atomic E-state index is 12.1. The summed E-state index contributed by atoms with van der Waals surface area (Å²) in [6, 6.07) is 15.9. The van der Waals surface area contributed by atoms with Crippen LogP contribution in [0, 0.1) is 6.92 Å². The van der Waals surface area contributed by atoms with Crippen LogP contribution in [-0.4, -0.2) is 43.5 Å². The summed E-state index contributed by atoms with van der Waals surface area (Å²) in [6.07, 6.45) is 0.497. The first-order chi connectivity index (χ1) is 12.1. The molecule has 0 radical (unpaired) electrons. The SMILES string of the molecule is Cc1cccc(N2CCN(CCC(=O)Nc3cccc(Cl)c3)CC2)c1. The van der Waals surface area contributed by atoms with Gasteiger partial charge in [-0.2, -0.15) is 0 Å². The fourth-order valence-corrected chi connectivity index (χ4v) is 3.29. The lowest BCUT2D eigenvalue weighted by Crippen LogP contribution is -2.47. The van der Waals surface area contributed by atoms with Crippen LogP contribution < -0.4 is 10.2 Å². The Balaban J connectivity index is 1.42. The lowest BCUT2D eigenvalue weighted by Gasteiger charge is -2.36. The van der Waals surface area contributed by atoms with E-state index in [0.29, 0.717) is 11.4 Å². The molecule has 0 saturated carbocycles. The number of halogens is 1. The van der Waals surface area contributed by atoms with Crippen LogP contribution in [0.1, 0.15) is 12.0 Å². The molecule has 1 saturated heterocycles. The number of anilines is 2. The van der Waals surface area contributed by atoms with Crippen LogP contribution in [0.3, 0.4) is 0 Å². The first-order valence-corrected chi connectivity index (χ1v) is 9.07. The molecule has 5 heteroatoms. The minimum atomic E-state index is 0.0309. The molecule has 2 aromatic carbocycles. The Labute approximate surface area is 154 Å². The number of carbonyl (C=O) groups excluding carboxylic acids is 1. The predicted molar refractivity (Wildman–Crippen MR) is 105 cm³/mol. The summed E-state index contributed by atoms with van der Waals surface area (Å²) in [6.45, 7) is 6.88. The number of hydrogen-bond donors (Lipinski definition) is 1. The van der Waals surface area contributed by atoms with Crippen LogP contribution >= 0.6 is 11.6 Å². The highest BCUT2D eigenvalue weighted by atomic mass is 35.5. The zero-order valence-electron chi connectivity index (χ0n) is 14.5. The van der Waals surface area contributed by atoms with Crippen molar-refractivity contribution in [3.05, 3.63) is 59.1 Å². The molecule has 1 fully saturated rings. The second kappa shape index (κ2) is 8.37. The molecule has 0 bridgehead atoms. The van der Waals surface area contributed by atoms with E-state index in [1.165, 1.54) is 11.3 Å². The summed E-state index contributed by atoms with van der Waals surface area (Å²) in [4.78, 5) is 16.9. The third-order valence-electron chi connectivity index (χ3n) is 4.50. The third kappa shape index (κ3) is 5.21. The van der Waals surface area contributed by atoms with E-state index in [4.69, 9.17) is 11.6 Å². The Kier molecular flexibility index (Phi) is 5.95. The molecule has 1 aliphatic heterocycles. The lowest BCUT2D eigenvalue weighted by molar-refractivity contribution is -0.116. The van der Waals surface area contributed by atoms with Crippen molar-refractivity contribution in [1.29, 1.82) is 0 Å². The predicted octanol–water partition coefficient (Wildman–Crippen LogP) is 3.80. The minimum absolute atomic E-state index is 0.0309. The molecule has 0 unspecified atom stereocenters. The van der Waals surface area contributed by atoms with Crippen LogP contribution in [0.4, 0.5) is 11.4 Å². The maximum atomic E-state index is 12.1. The van der Waals surface area contributed by atoms with Crippen molar-refractivity contribution in [2.75, 3.05) is 42.9 Å². The molecule has 1 aliphatic rings. The van der Waals surface area contributed by atoms with Crippen LogP contribution in [0.5, 0.6) is 0 Å². The van der Waals surface area contributed by atoms with Gasteiger partial charge in [0.15, 0.2) is 0 Å². The molecule has 0 aromatic heterocycles. The maximum Gasteiger partial charge on any atom is 0.225 e. The number of aryl methyl sites for hydroxylation is 1. The molecule has 132 valence electrons. The molecule has 0 spiro atoms. The largest absolute Gasteiger partial charge is 0.369 e. The second-order valence-corrected chi connectivity index (χ2v) is 6.91. The molecule has 0 atom stereocenters. The Morgan fingerprint density at radius 1 is 1.08 bits per heavy atom. The Bertz CT molecular complexity index is 726. The number of rotatable bonds is 5. The zero-order valence-corrected chi connectivity index (χ0v) is 15.3. The summed E-state index contributed by atoms with van der Waals surface area (Å²) >= 11 is 5.94.